The van der Waals surface area contributed by atoms with Crippen molar-refractivity contribution in [2.75, 3.05) is 17.7 Å². The lowest BCUT2D eigenvalue weighted by molar-refractivity contribution is -0.122. The first-order valence-corrected chi connectivity index (χ1v) is 8.48. The van der Waals surface area contributed by atoms with Crippen LogP contribution >= 0.6 is 11.6 Å². The maximum Gasteiger partial charge on any atom is 0.228 e. The largest absolute Gasteiger partial charge is 0.495 e. The van der Waals surface area contributed by atoms with Gasteiger partial charge in [0.15, 0.2) is 0 Å². The third kappa shape index (κ3) is 3.96. The van der Waals surface area contributed by atoms with Gasteiger partial charge in [-0.2, -0.15) is 0 Å². The van der Waals surface area contributed by atoms with E-state index in [0.717, 1.165) is 5.56 Å². The Balaban J connectivity index is 1.61. The Morgan fingerprint density at radius 3 is 2.46 bits per heavy atom. The molecule has 0 radical (unpaired) electrons. The van der Waals surface area contributed by atoms with Crippen molar-refractivity contribution in [3.8, 4) is 5.75 Å². The minimum atomic E-state index is -0.555. The first-order chi connectivity index (χ1) is 12.4. The van der Waals surface area contributed by atoms with E-state index < -0.39 is 17.7 Å². The van der Waals surface area contributed by atoms with Crippen molar-refractivity contribution in [2.24, 2.45) is 11.8 Å². The van der Waals surface area contributed by atoms with Crippen LogP contribution in [0, 0.1) is 24.6 Å². The highest BCUT2D eigenvalue weighted by molar-refractivity contribution is 6.31. The van der Waals surface area contributed by atoms with Crippen molar-refractivity contribution in [1.29, 1.82) is 0 Å². The van der Waals surface area contributed by atoms with E-state index in [2.05, 4.69) is 10.6 Å². The van der Waals surface area contributed by atoms with Gasteiger partial charge in [0.2, 0.25) is 11.8 Å². The Labute approximate surface area is 155 Å². The molecule has 5 nitrogen and oxygen atoms in total. The smallest absolute Gasteiger partial charge is 0.228 e. The lowest BCUT2D eigenvalue weighted by Crippen LogP contribution is -2.20. The van der Waals surface area contributed by atoms with Crippen LogP contribution in [0.3, 0.4) is 0 Å². The Morgan fingerprint density at radius 2 is 1.81 bits per heavy atom. The van der Waals surface area contributed by atoms with Gasteiger partial charge in [-0.25, -0.2) is 4.39 Å². The van der Waals surface area contributed by atoms with Gasteiger partial charge in [0.1, 0.15) is 11.6 Å². The molecule has 3 rings (SSSR count). The number of hydrogen-bond acceptors (Lipinski definition) is 3. The molecular formula is C19H18ClFN2O3. The van der Waals surface area contributed by atoms with Gasteiger partial charge in [0, 0.05) is 5.69 Å². The Hall–Kier alpha value is -2.60. The fourth-order valence-electron chi connectivity index (χ4n) is 2.73. The highest BCUT2D eigenvalue weighted by Gasteiger charge is 2.48. The third-order valence-electron chi connectivity index (χ3n) is 4.26. The maximum atomic E-state index is 13.2. The van der Waals surface area contributed by atoms with Crippen LogP contribution in [0.4, 0.5) is 15.8 Å². The molecule has 2 amide bonds. The molecule has 0 spiro atoms. The number of hydrogen-bond donors (Lipinski definition) is 2. The molecule has 2 N–H and O–H groups in total. The Kier molecular flexibility index (Phi) is 5.13. The lowest BCUT2D eigenvalue weighted by atomic mass is 10.2. The van der Waals surface area contributed by atoms with Gasteiger partial charge >= 0.3 is 0 Å². The molecule has 1 aliphatic rings. The summed E-state index contributed by atoms with van der Waals surface area (Å²) in [5.74, 6) is -1.34. The molecule has 1 aliphatic carbocycles. The maximum absolute atomic E-state index is 13.2. The SMILES string of the molecule is COc1ccc(C)cc1NC(=O)C1CC1C(=O)Nc1ccc(F)c(Cl)c1. The van der Waals surface area contributed by atoms with E-state index in [9.17, 15) is 14.0 Å². The minimum Gasteiger partial charge on any atom is -0.495 e. The molecule has 2 atom stereocenters. The first kappa shape index (κ1) is 18.2. The molecule has 1 fully saturated rings. The normalized spacial score (nSPS) is 18.2. The molecular weight excluding hydrogens is 359 g/mol. The van der Waals surface area contributed by atoms with Crippen molar-refractivity contribution in [3.05, 3.63) is 52.8 Å². The van der Waals surface area contributed by atoms with E-state index in [1.165, 1.54) is 25.3 Å². The monoisotopic (exact) mass is 376 g/mol. The van der Waals surface area contributed by atoms with Crippen LogP contribution in [0.5, 0.6) is 5.75 Å². The summed E-state index contributed by atoms with van der Waals surface area (Å²) >= 11 is 5.70. The Morgan fingerprint density at radius 1 is 1.12 bits per heavy atom. The van der Waals surface area contributed by atoms with Crippen LogP contribution in [0.2, 0.25) is 5.02 Å². The number of rotatable bonds is 5. The van der Waals surface area contributed by atoms with Gasteiger partial charge in [-0.1, -0.05) is 17.7 Å². The topological polar surface area (TPSA) is 67.4 Å². The second-order valence-corrected chi connectivity index (χ2v) is 6.67. The van der Waals surface area contributed by atoms with E-state index >= 15 is 0 Å². The number of ether oxygens (including phenoxy) is 1. The zero-order valence-corrected chi connectivity index (χ0v) is 15.1. The standard InChI is InChI=1S/C19H18ClFN2O3/c1-10-3-6-17(26-2)16(7-10)23-19(25)13-9-12(13)18(24)22-11-4-5-15(21)14(20)8-11/h3-8,12-13H,9H2,1-2H3,(H,22,24)(H,23,25). The van der Waals surface area contributed by atoms with Gasteiger partial charge in [0.25, 0.3) is 0 Å². The minimum absolute atomic E-state index is 0.0700. The van der Waals surface area contributed by atoms with Crippen LogP contribution in [0.15, 0.2) is 36.4 Å². The highest BCUT2D eigenvalue weighted by atomic mass is 35.5. The zero-order chi connectivity index (χ0) is 18.8. The molecule has 136 valence electrons. The molecule has 2 aromatic rings. The average molecular weight is 377 g/mol. The number of carbonyl (C=O) groups excluding carboxylic acids is 2. The van der Waals surface area contributed by atoms with Gasteiger partial charge < -0.3 is 15.4 Å². The zero-order valence-electron chi connectivity index (χ0n) is 14.3. The van der Waals surface area contributed by atoms with E-state index in [1.54, 1.807) is 6.07 Å². The molecule has 2 aromatic carbocycles. The van der Waals surface area contributed by atoms with Crippen molar-refractivity contribution in [2.45, 2.75) is 13.3 Å². The molecule has 0 aliphatic heterocycles. The van der Waals surface area contributed by atoms with Crippen LogP contribution in [0.25, 0.3) is 0 Å². The van der Waals surface area contributed by atoms with Crippen molar-refractivity contribution < 1.29 is 18.7 Å². The number of halogens is 2. The third-order valence-corrected chi connectivity index (χ3v) is 4.55. The lowest BCUT2D eigenvalue weighted by Gasteiger charge is -2.11. The van der Waals surface area contributed by atoms with Gasteiger partial charge in [0.05, 0.1) is 29.7 Å². The molecule has 0 bridgehead atoms. The number of methoxy groups -OCH3 is 1. The predicted molar refractivity (Wildman–Crippen MR) is 98.0 cm³/mol. The van der Waals surface area contributed by atoms with E-state index in [4.69, 9.17) is 16.3 Å². The summed E-state index contributed by atoms with van der Waals surface area (Å²) < 4.78 is 18.4. The molecule has 2 unspecified atom stereocenters. The fourth-order valence-corrected chi connectivity index (χ4v) is 2.91. The predicted octanol–water partition coefficient (Wildman–Crippen LogP) is 4.01. The first-order valence-electron chi connectivity index (χ1n) is 8.10. The van der Waals surface area contributed by atoms with E-state index in [-0.39, 0.29) is 16.8 Å². The summed E-state index contributed by atoms with van der Waals surface area (Å²) in [5.41, 5.74) is 1.96. The molecule has 1 saturated carbocycles. The number of anilines is 2. The highest BCUT2D eigenvalue weighted by Crippen LogP contribution is 2.41. The van der Waals surface area contributed by atoms with Crippen LogP contribution in [-0.4, -0.2) is 18.9 Å². The average Bonchev–Trinajstić information content (AvgIpc) is 3.39. The van der Waals surface area contributed by atoms with Crippen LogP contribution in [-0.2, 0) is 9.59 Å². The van der Waals surface area contributed by atoms with Crippen molar-refractivity contribution >= 4 is 34.8 Å². The summed E-state index contributed by atoms with van der Waals surface area (Å²) in [7, 11) is 1.53. The van der Waals surface area contributed by atoms with Crippen LogP contribution in [0.1, 0.15) is 12.0 Å². The summed E-state index contributed by atoms with van der Waals surface area (Å²) in [6.45, 7) is 1.91. The fraction of sp³-hybridized carbons (Fsp3) is 0.263. The second kappa shape index (κ2) is 7.33. The van der Waals surface area contributed by atoms with Gasteiger partial charge in [-0.15, -0.1) is 0 Å². The van der Waals surface area contributed by atoms with E-state index in [1.807, 2.05) is 19.1 Å². The number of aryl methyl sites for hydroxylation is 1. The molecule has 7 heteroatoms. The number of amides is 2. The molecule has 26 heavy (non-hydrogen) atoms. The second-order valence-electron chi connectivity index (χ2n) is 6.26. The number of benzene rings is 2. The van der Waals surface area contributed by atoms with Crippen LogP contribution < -0.4 is 15.4 Å². The molecule has 0 heterocycles. The van der Waals surface area contributed by atoms with E-state index in [0.29, 0.717) is 23.5 Å². The van der Waals surface area contributed by atoms with Gasteiger partial charge in [-0.3, -0.25) is 9.59 Å². The Bertz CT molecular complexity index is 872. The van der Waals surface area contributed by atoms with Gasteiger partial charge in [-0.05, 0) is 49.2 Å². The molecule has 0 saturated heterocycles. The summed E-state index contributed by atoms with van der Waals surface area (Å²) in [5, 5.41) is 5.40. The summed E-state index contributed by atoms with van der Waals surface area (Å²) in [4.78, 5) is 24.7. The van der Waals surface area contributed by atoms with Crippen molar-refractivity contribution in [3.63, 3.8) is 0 Å². The number of nitrogens with one attached hydrogen (secondary N) is 2. The molecule has 0 aromatic heterocycles. The summed E-state index contributed by atoms with van der Waals surface area (Å²) in [6.07, 6.45) is 0.459. The summed E-state index contributed by atoms with van der Waals surface area (Å²) in [6, 6.07) is 9.42. The van der Waals surface area contributed by atoms with Crippen molar-refractivity contribution in [1.82, 2.24) is 0 Å². The number of carbonyl (C=O) groups is 2. The quantitative estimate of drug-likeness (QED) is 0.828.